The van der Waals surface area contributed by atoms with Crippen molar-refractivity contribution in [2.75, 3.05) is 13.7 Å². The second kappa shape index (κ2) is 9.05. The molecule has 1 aromatic carbocycles. The van der Waals surface area contributed by atoms with Crippen molar-refractivity contribution in [3.8, 4) is 5.75 Å². The Balaban J connectivity index is 2.03. The number of carbonyl (C=O) groups excluding carboxylic acids is 2. The van der Waals surface area contributed by atoms with E-state index < -0.39 is 11.9 Å². The van der Waals surface area contributed by atoms with E-state index in [9.17, 15) is 9.59 Å². The maximum absolute atomic E-state index is 11.7. The van der Waals surface area contributed by atoms with Crippen molar-refractivity contribution in [3.63, 3.8) is 0 Å². The summed E-state index contributed by atoms with van der Waals surface area (Å²) in [6.45, 7) is 3.93. The van der Waals surface area contributed by atoms with Crippen molar-refractivity contribution in [1.29, 1.82) is 0 Å². The summed E-state index contributed by atoms with van der Waals surface area (Å²) in [6.07, 6.45) is 4.19. The summed E-state index contributed by atoms with van der Waals surface area (Å²) in [5.74, 6) is -0.506. The number of thioether (sulfide) groups is 1. The number of rotatable bonds is 6. The highest BCUT2D eigenvalue weighted by Crippen LogP contribution is 2.25. The van der Waals surface area contributed by atoms with Crippen molar-refractivity contribution in [3.05, 3.63) is 52.4 Å². The van der Waals surface area contributed by atoms with Gasteiger partial charge in [-0.05, 0) is 35.5 Å². The number of nitrogens with one attached hydrogen (secondary N) is 1. The number of hydrogen-bond acceptors (Lipinski definition) is 7. The Hall–Kier alpha value is -2.58. The molecule has 0 spiro atoms. The summed E-state index contributed by atoms with van der Waals surface area (Å²) < 4.78 is 9.85. The van der Waals surface area contributed by atoms with Gasteiger partial charge in [0.2, 0.25) is 0 Å². The molecule has 0 aliphatic carbocycles. The van der Waals surface area contributed by atoms with Gasteiger partial charge in [0.1, 0.15) is 12.4 Å². The number of carbonyl (C=O) groups is 2. The normalized spacial score (nSPS) is 17.1. The van der Waals surface area contributed by atoms with Gasteiger partial charge in [-0.25, -0.2) is 4.79 Å². The highest BCUT2D eigenvalue weighted by Gasteiger charge is 2.24. The Morgan fingerprint density at radius 1 is 1.48 bits per heavy atom. The van der Waals surface area contributed by atoms with Gasteiger partial charge < -0.3 is 9.47 Å². The van der Waals surface area contributed by atoms with E-state index in [1.54, 1.807) is 24.3 Å². The van der Waals surface area contributed by atoms with Gasteiger partial charge in [-0.1, -0.05) is 24.3 Å². The van der Waals surface area contributed by atoms with E-state index >= 15 is 0 Å². The van der Waals surface area contributed by atoms with E-state index in [1.807, 2.05) is 0 Å². The Kier molecular flexibility index (Phi) is 6.79. The predicted octanol–water partition coefficient (Wildman–Crippen LogP) is 2.51. The molecule has 2 rings (SSSR count). The van der Waals surface area contributed by atoms with Gasteiger partial charge in [-0.2, -0.15) is 5.10 Å². The minimum absolute atomic E-state index is 0.188. The zero-order chi connectivity index (χ0) is 18.2. The summed E-state index contributed by atoms with van der Waals surface area (Å²) in [5, 5.41) is 11.0. The third kappa shape index (κ3) is 5.47. The standard InChI is InChI=1S/C16H14ClN3O4S/c1-3-6-24-12-5-4-10(7-11(12)17)9-18-20-16-19-15(22)13(25-16)8-14(21)23-2/h3-5,7-9H,1,6H2,2H3,(H,19,20,22)/b13-8+,18-9?. The zero-order valence-electron chi connectivity index (χ0n) is 13.2. The fraction of sp³-hybridized carbons (Fsp3) is 0.125. The molecule has 0 bridgehead atoms. The Labute approximate surface area is 153 Å². The molecule has 25 heavy (non-hydrogen) atoms. The predicted molar refractivity (Wildman–Crippen MR) is 98.0 cm³/mol. The van der Waals surface area contributed by atoms with Gasteiger partial charge in [0.25, 0.3) is 5.91 Å². The van der Waals surface area contributed by atoms with Gasteiger partial charge in [0.05, 0.1) is 23.3 Å². The number of hydrogen-bond donors (Lipinski definition) is 1. The maximum atomic E-state index is 11.7. The van der Waals surface area contributed by atoms with Crippen LogP contribution in [0.2, 0.25) is 5.02 Å². The fourth-order valence-corrected chi connectivity index (χ4v) is 2.63. The Morgan fingerprint density at radius 3 is 2.96 bits per heavy atom. The summed E-state index contributed by atoms with van der Waals surface area (Å²) in [4.78, 5) is 23.0. The third-order valence-corrected chi connectivity index (χ3v) is 3.96. The van der Waals surface area contributed by atoms with Gasteiger partial charge in [-0.3, -0.25) is 10.1 Å². The number of amides is 1. The maximum Gasteiger partial charge on any atom is 0.331 e. The van der Waals surface area contributed by atoms with Crippen LogP contribution in [0.3, 0.4) is 0 Å². The van der Waals surface area contributed by atoms with Crippen LogP contribution in [0, 0.1) is 0 Å². The van der Waals surface area contributed by atoms with Gasteiger partial charge in [0, 0.05) is 6.08 Å². The smallest absolute Gasteiger partial charge is 0.331 e. The van der Waals surface area contributed by atoms with Crippen LogP contribution < -0.4 is 10.1 Å². The summed E-state index contributed by atoms with van der Waals surface area (Å²) >= 11 is 7.10. The SMILES string of the molecule is C=CCOc1ccc(C=N/N=C2/NC(=O)/C(=C\C(=O)OC)S2)cc1Cl. The molecule has 1 aliphatic rings. The van der Waals surface area contributed by atoms with Crippen LogP contribution in [0.15, 0.2) is 52.0 Å². The minimum Gasteiger partial charge on any atom is -0.488 e. The Morgan fingerprint density at radius 2 is 2.28 bits per heavy atom. The van der Waals surface area contributed by atoms with Gasteiger partial charge >= 0.3 is 5.97 Å². The fourth-order valence-electron chi connectivity index (χ4n) is 1.65. The molecule has 1 fully saturated rings. The lowest BCUT2D eigenvalue weighted by Crippen LogP contribution is -2.19. The molecule has 1 saturated heterocycles. The first-order valence-electron chi connectivity index (χ1n) is 6.96. The lowest BCUT2D eigenvalue weighted by Gasteiger charge is -2.05. The van der Waals surface area contributed by atoms with Crippen LogP contribution >= 0.6 is 23.4 Å². The molecular formula is C16H14ClN3O4S. The molecule has 0 unspecified atom stereocenters. The lowest BCUT2D eigenvalue weighted by atomic mass is 10.2. The molecule has 9 heteroatoms. The quantitative estimate of drug-likeness (QED) is 0.270. The molecule has 1 N–H and O–H groups in total. The average molecular weight is 380 g/mol. The second-order valence-electron chi connectivity index (χ2n) is 4.53. The molecule has 1 amide bonds. The van der Waals surface area contributed by atoms with Crippen LogP contribution in [0.5, 0.6) is 5.75 Å². The van der Waals surface area contributed by atoms with E-state index in [4.69, 9.17) is 16.3 Å². The summed E-state index contributed by atoms with van der Waals surface area (Å²) in [6, 6.07) is 5.15. The molecule has 1 aromatic rings. The number of esters is 1. The van der Waals surface area contributed by atoms with E-state index in [2.05, 4.69) is 26.8 Å². The summed E-state index contributed by atoms with van der Waals surface area (Å²) in [5.41, 5.74) is 0.708. The molecule has 7 nitrogen and oxygen atoms in total. The Bertz CT molecular complexity index is 790. The lowest BCUT2D eigenvalue weighted by molar-refractivity contribution is -0.135. The molecule has 1 aliphatic heterocycles. The molecule has 0 aromatic heterocycles. The number of nitrogens with zero attached hydrogens (tertiary/aromatic N) is 2. The second-order valence-corrected chi connectivity index (χ2v) is 5.97. The zero-order valence-corrected chi connectivity index (χ0v) is 14.8. The van der Waals surface area contributed by atoms with E-state index in [1.165, 1.54) is 13.3 Å². The summed E-state index contributed by atoms with van der Waals surface area (Å²) in [7, 11) is 1.23. The van der Waals surface area contributed by atoms with E-state index in [0.29, 0.717) is 22.9 Å². The number of halogens is 1. The van der Waals surface area contributed by atoms with Crippen molar-refractivity contribution in [1.82, 2.24) is 5.32 Å². The highest BCUT2D eigenvalue weighted by molar-refractivity contribution is 8.18. The third-order valence-electron chi connectivity index (χ3n) is 2.77. The van der Waals surface area contributed by atoms with Crippen LogP contribution in [0.1, 0.15) is 5.56 Å². The van der Waals surface area contributed by atoms with E-state index in [0.717, 1.165) is 17.8 Å². The van der Waals surface area contributed by atoms with Crippen LogP contribution in [0.4, 0.5) is 0 Å². The average Bonchev–Trinajstić information content (AvgIpc) is 2.93. The molecule has 0 saturated carbocycles. The van der Waals surface area contributed by atoms with Gasteiger partial charge in [-0.15, -0.1) is 5.10 Å². The minimum atomic E-state index is -0.615. The first-order valence-corrected chi connectivity index (χ1v) is 8.16. The van der Waals surface area contributed by atoms with Crippen LogP contribution in [0.25, 0.3) is 0 Å². The van der Waals surface area contributed by atoms with Crippen molar-refractivity contribution in [2.45, 2.75) is 0 Å². The molecule has 130 valence electrons. The number of amidine groups is 1. The molecular weight excluding hydrogens is 366 g/mol. The van der Waals surface area contributed by atoms with Crippen molar-refractivity contribution >= 4 is 46.6 Å². The molecule has 0 atom stereocenters. The number of benzene rings is 1. The van der Waals surface area contributed by atoms with Gasteiger partial charge in [0.15, 0.2) is 5.17 Å². The molecule has 1 heterocycles. The number of methoxy groups -OCH3 is 1. The van der Waals surface area contributed by atoms with E-state index in [-0.39, 0.29) is 10.1 Å². The first-order chi connectivity index (χ1) is 12.0. The van der Waals surface area contributed by atoms with Crippen molar-refractivity contribution in [2.24, 2.45) is 10.2 Å². The topological polar surface area (TPSA) is 89.4 Å². The molecule has 0 radical (unpaired) electrons. The van der Waals surface area contributed by atoms with Crippen LogP contribution in [-0.2, 0) is 14.3 Å². The largest absolute Gasteiger partial charge is 0.488 e. The van der Waals surface area contributed by atoms with Crippen molar-refractivity contribution < 1.29 is 19.1 Å². The first kappa shape index (κ1) is 18.8. The van der Waals surface area contributed by atoms with Crippen LogP contribution in [-0.4, -0.2) is 37.0 Å². The number of ether oxygens (including phenoxy) is 2. The highest BCUT2D eigenvalue weighted by atomic mass is 35.5. The monoisotopic (exact) mass is 379 g/mol.